The maximum Gasteiger partial charge on any atom is 0.281 e. The molecule has 0 spiro atoms. The second kappa shape index (κ2) is 6.26. The highest BCUT2D eigenvalue weighted by Crippen LogP contribution is 2.31. The normalized spacial score (nSPS) is 10.6. The van der Waals surface area contributed by atoms with Crippen molar-refractivity contribution >= 4 is 21.7 Å². The molecule has 0 N–H and O–H groups in total. The van der Waals surface area contributed by atoms with Crippen molar-refractivity contribution in [2.45, 2.75) is 0 Å². The minimum atomic E-state index is -0.586. The van der Waals surface area contributed by atoms with E-state index in [2.05, 4.69) is 15.0 Å². The van der Waals surface area contributed by atoms with E-state index >= 15 is 0 Å². The maximum absolute atomic E-state index is 13.4. The zero-order valence-corrected chi connectivity index (χ0v) is 13.5. The molecular formula is C18H9FN4OS. The summed E-state index contributed by atoms with van der Waals surface area (Å²) >= 11 is 1.26. The highest BCUT2D eigenvalue weighted by Gasteiger charge is 2.11. The Balaban J connectivity index is 1.67. The Bertz CT molecular complexity index is 1110. The van der Waals surface area contributed by atoms with Gasteiger partial charge in [0.25, 0.3) is 5.19 Å². The molecule has 2 aromatic carbocycles. The van der Waals surface area contributed by atoms with Crippen LogP contribution in [0.4, 0.5) is 4.39 Å². The van der Waals surface area contributed by atoms with Gasteiger partial charge in [0.05, 0.1) is 11.8 Å². The van der Waals surface area contributed by atoms with Gasteiger partial charge in [-0.25, -0.2) is 14.4 Å². The number of aromatic nitrogens is 3. The Morgan fingerprint density at radius 2 is 1.92 bits per heavy atom. The molecule has 2 heterocycles. The lowest BCUT2D eigenvalue weighted by atomic mass is 10.2. The third-order valence-electron chi connectivity index (χ3n) is 3.43. The number of benzene rings is 2. The SMILES string of the molecule is N#Cc1cc(Oc2nc3cnc(-c4ccccc4)nc3s2)ccc1F. The van der Waals surface area contributed by atoms with E-state index in [0.29, 0.717) is 27.1 Å². The zero-order valence-electron chi connectivity index (χ0n) is 12.7. The van der Waals surface area contributed by atoms with Crippen LogP contribution >= 0.6 is 11.3 Å². The van der Waals surface area contributed by atoms with E-state index in [9.17, 15) is 4.39 Å². The predicted octanol–water partition coefficient (Wildman–Crippen LogP) is 4.56. The van der Waals surface area contributed by atoms with Gasteiger partial charge in [0.15, 0.2) is 10.7 Å². The standard InChI is InChI=1S/C18H9FN4OS/c19-14-7-6-13(8-12(14)9-20)24-18-22-15-10-21-16(23-17(15)25-18)11-4-2-1-3-5-11/h1-8,10H. The fourth-order valence-electron chi connectivity index (χ4n) is 2.24. The third kappa shape index (κ3) is 3.03. The summed E-state index contributed by atoms with van der Waals surface area (Å²) in [7, 11) is 0. The van der Waals surface area contributed by atoms with Crippen LogP contribution in [0.25, 0.3) is 21.7 Å². The largest absolute Gasteiger partial charge is 0.431 e. The van der Waals surface area contributed by atoms with Crippen molar-refractivity contribution < 1.29 is 9.13 Å². The number of nitriles is 1. The molecule has 4 rings (SSSR count). The van der Waals surface area contributed by atoms with Crippen LogP contribution in [0.15, 0.2) is 54.7 Å². The topological polar surface area (TPSA) is 71.7 Å². The van der Waals surface area contributed by atoms with Crippen molar-refractivity contribution in [3.63, 3.8) is 0 Å². The Morgan fingerprint density at radius 1 is 1.08 bits per heavy atom. The summed E-state index contributed by atoms with van der Waals surface area (Å²) in [5, 5.41) is 9.24. The number of hydrogen-bond donors (Lipinski definition) is 0. The molecule has 0 unspecified atom stereocenters. The molecule has 120 valence electrons. The van der Waals surface area contributed by atoms with Gasteiger partial charge >= 0.3 is 0 Å². The number of nitrogens with zero attached hydrogens (tertiary/aromatic N) is 4. The van der Waals surface area contributed by atoms with Gasteiger partial charge in [-0.3, -0.25) is 0 Å². The molecule has 0 aliphatic carbocycles. The first kappa shape index (κ1) is 15.2. The van der Waals surface area contributed by atoms with E-state index in [0.717, 1.165) is 5.56 Å². The smallest absolute Gasteiger partial charge is 0.281 e. The fraction of sp³-hybridized carbons (Fsp3) is 0. The zero-order chi connectivity index (χ0) is 17.2. The molecule has 0 radical (unpaired) electrons. The number of rotatable bonds is 3. The summed E-state index contributed by atoms with van der Waals surface area (Å²) in [6, 6.07) is 15.4. The Morgan fingerprint density at radius 3 is 2.72 bits per heavy atom. The maximum atomic E-state index is 13.4. The second-order valence-corrected chi connectivity index (χ2v) is 6.03. The van der Waals surface area contributed by atoms with Gasteiger partial charge in [-0.1, -0.05) is 41.7 Å². The quantitative estimate of drug-likeness (QED) is 0.543. The van der Waals surface area contributed by atoms with Crippen molar-refractivity contribution in [1.82, 2.24) is 15.0 Å². The number of fused-ring (bicyclic) bond motifs is 1. The number of thiazole rings is 1. The monoisotopic (exact) mass is 348 g/mol. The van der Waals surface area contributed by atoms with Gasteiger partial charge in [-0.05, 0) is 12.1 Å². The second-order valence-electron chi connectivity index (χ2n) is 5.09. The predicted molar refractivity (Wildman–Crippen MR) is 91.8 cm³/mol. The van der Waals surface area contributed by atoms with Crippen LogP contribution in [0.3, 0.4) is 0 Å². The molecule has 0 bridgehead atoms. The average Bonchev–Trinajstić information content (AvgIpc) is 3.05. The molecular weight excluding hydrogens is 339 g/mol. The summed E-state index contributed by atoms with van der Waals surface area (Å²) in [6.45, 7) is 0. The third-order valence-corrected chi connectivity index (χ3v) is 4.27. The molecule has 0 atom stereocenters. The summed E-state index contributed by atoms with van der Waals surface area (Å²) in [6.07, 6.45) is 1.64. The number of hydrogen-bond acceptors (Lipinski definition) is 6. The lowest BCUT2D eigenvalue weighted by Gasteiger charge is -2.01. The van der Waals surface area contributed by atoms with Gasteiger partial charge in [0.1, 0.15) is 23.2 Å². The van der Waals surface area contributed by atoms with E-state index in [1.54, 1.807) is 12.3 Å². The Labute approximate surface area is 146 Å². The minimum absolute atomic E-state index is 0.0789. The Hall–Kier alpha value is -3.37. The molecule has 5 nitrogen and oxygen atoms in total. The number of ether oxygens (including phenoxy) is 1. The van der Waals surface area contributed by atoms with Crippen LogP contribution in [-0.2, 0) is 0 Å². The highest BCUT2D eigenvalue weighted by molar-refractivity contribution is 7.19. The lowest BCUT2D eigenvalue weighted by Crippen LogP contribution is -1.88. The molecule has 2 aromatic heterocycles. The van der Waals surface area contributed by atoms with Crippen LogP contribution in [-0.4, -0.2) is 15.0 Å². The van der Waals surface area contributed by atoms with Crippen LogP contribution < -0.4 is 4.74 Å². The van der Waals surface area contributed by atoms with Gasteiger partial charge in [-0.2, -0.15) is 10.2 Å². The van der Waals surface area contributed by atoms with Crippen LogP contribution in [0.1, 0.15) is 5.56 Å². The molecule has 0 saturated heterocycles. The first-order valence-corrected chi connectivity index (χ1v) is 8.11. The molecule has 7 heteroatoms. The molecule has 0 aliphatic heterocycles. The first-order chi connectivity index (χ1) is 12.2. The van der Waals surface area contributed by atoms with E-state index in [1.807, 2.05) is 30.3 Å². The van der Waals surface area contributed by atoms with Crippen LogP contribution in [0.5, 0.6) is 10.9 Å². The highest BCUT2D eigenvalue weighted by atomic mass is 32.1. The molecule has 4 aromatic rings. The van der Waals surface area contributed by atoms with E-state index < -0.39 is 5.82 Å². The molecule has 25 heavy (non-hydrogen) atoms. The summed E-state index contributed by atoms with van der Waals surface area (Å²) in [4.78, 5) is 13.8. The summed E-state index contributed by atoms with van der Waals surface area (Å²) in [5.74, 6) is 0.364. The molecule has 0 fully saturated rings. The average molecular weight is 348 g/mol. The molecule has 0 amide bonds. The van der Waals surface area contributed by atoms with Crippen molar-refractivity contribution in [2.75, 3.05) is 0 Å². The van der Waals surface area contributed by atoms with Crippen molar-refractivity contribution in [2.24, 2.45) is 0 Å². The number of halogens is 1. The van der Waals surface area contributed by atoms with Crippen LogP contribution in [0, 0.1) is 17.1 Å². The van der Waals surface area contributed by atoms with Crippen molar-refractivity contribution in [3.05, 3.63) is 66.1 Å². The lowest BCUT2D eigenvalue weighted by molar-refractivity contribution is 0.478. The molecule has 0 saturated carbocycles. The van der Waals surface area contributed by atoms with E-state index in [-0.39, 0.29) is 5.56 Å². The Kier molecular flexibility index (Phi) is 3.80. The van der Waals surface area contributed by atoms with E-state index in [4.69, 9.17) is 10.00 Å². The van der Waals surface area contributed by atoms with Gasteiger partial charge in [0.2, 0.25) is 0 Å². The fourth-order valence-corrected chi connectivity index (χ4v) is 3.02. The molecule has 0 aliphatic rings. The summed E-state index contributed by atoms with van der Waals surface area (Å²) < 4.78 is 19.0. The van der Waals surface area contributed by atoms with Gasteiger partial charge in [-0.15, -0.1) is 0 Å². The first-order valence-electron chi connectivity index (χ1n) is 7.29. The summed E-state index contributed by atoms with van der Waals surface area (Å²) in [5.41, 5.74) is 1.45. The van der Waals surface area contributed by atoms with E-state index in [1.165, 1.54) is 29.5 Å². The van der Waals surface area contributed by atoms with Gasteiger partial charge in [0, 0.05) is 11.6 Å². The van der Waals surface area contributed by atoms with Crippen molar-refractivity contribution in [1.29, 1.82) is 5.26 Å². The van der Waals surface area contributed by atoms with Gasteiger partial charge < -0.3 is 4.74 Å². The van der Waals surface area contributed by atoms with Crippen LogP contribution in [0.2, 0.25) is 0 Å². The van der Waals surface area contributed by atoms with Crippen molar-refractivity contribution in [3.8, 4) is 28.4 Å². The minimum Gasteiger partial charge on any atom is -0.431 e.